The minimum atomic E-state index is -1.09. The Bertz CT molecular complexity index is 651. The van der Waals surface area contributed by atoms with Gasteiger partial charge in [0.25, 0.3) is 0 Å². The Hall–Kier alpha value is -1.59. The molecule has 1 atom stereocenters. The highest BCUT2D eigenvalue weighted by molar-refractivity contribution is 9.10. The van der Waals surface area contributed by atoms with Crippen molar-refractivity contribution >= 4 is 39.2 Å². The monoisotopic (exact) mass is 357 g/mol. The van der Waals surface area contributed by atoms with Crippen LogP contribution < -0.4 is 5.32 Å². The number of hydrogen-bond acceptors (Lipinski definition) is 2. The number of benzene rings is 2. The fourth-order valence-corrected chi connectivity index (χ4v) is 2.51. The van der Waals surface area contributed by atoms with Crippen molar-refractivity contribution in [3.63, 3.8) is 0 Å². The number of halogens is 3. The van der Waals surface area contributed by atoms with Crippen LogP contribution in [0.2, 0.25) is 5.02 Å². The summed E-state index contributed by atoms with van der Waals surface area (Å²) in [5.74, 6) is -1.53. The highest BCUT2D eigenvalue weighted by atomic mass is 79.9. The second-order valence-electron chi connectivity index (χ2n) is 4.06. The molecule has 0 bridgehead atoms. The SMILES string of the molecule is O=C(O)C(Nc1ccccc1Cl)c1ccc(F)cc1Br. The first-order valence-corrected chi connectivity index (χ1v) is 6.85. The first-order chi connectivity index (χ1) is 9.49. The van der Waals surface area contributed by atoms with Crippen molar-refractivity contribution in [1.29, 1.82) is 0 Å². The first-order valence-electron chi connectivity index (χ1n) is 5.68. The number of carbonyl (C=O) groups is 1. The van der Waals surface area contributed by atoms with Gasteiger partial charge in [0.2, 0.25) is 0 Å². The van der Waals surface area contributed by atoms with Crippen LogP contribution in [0.1, 0.15) is 11.6 Å². The zero-order chi connectivity index (χ0) is 14.7. The molecule has 2 aromatic rings. The highest BCUT2D eigenvalue weighted by Gasteiger charge is 2.23. The lowest BCUT2D eigenvalue weighted by atomic mass is 10.1. The van der Waals surface area contributed by atoms with E-state index in [9.17, 15) is 14.3 Å². The van der Waals surface area contributed by atoms with E-state index in [4.69, 9.17) is 11.6 Å². The fraction of sp³-hybridized carbons (Fsp3) is 0.0714. The number of para-hydroxylation sites is 1. The number of rotatable bonds is 4. The number of aliphatic carboxylic acids is 1. The highest BCUT2D eigenvalue weighted by Crippen LogP contribution is 2.30. The third-order valence-corrected chi connectivity index (χ3v) is 3.71. The summed E-state index contributed by atoms with van der Waals surface area (Å²) in [6.07, 6.45) is 0. The second kappa shape index (κ2) is 6.24. The van der Waals surface area contributed by atoms with Crippen molar-refractivity contribution in [3.8, 4) is 0 Å². The third-order valence-electron chi connectivity index (χ3n) is 2.69. The lowest BCUT2D eigenvalue weighted by molar-refractivity contribution is -0.138. The zero-order valence-electron chi connectivity index (χ0n) is 10.1. The molecule has 3 nitrogen and oxygen atoms in total. The van der Waals surface area contributed by atoms with Crippen molar-refractivity contribution < 1.29 is 14.3 Å². The minimum absolute atomic E-state index is 0.379. The van der Waals surface area contributed by atoms with Crippen LogP contribution in [0.4, 0.5) is 10.1 Å². The Morgan fingerprint density at radius 2 is 2.00 bits per heavy atom. The molecule has 2 rings (SSSR count). The van der Waals surface area contributed by atoms with Crippen LogP contribution in [0.3, 0.4) is 0 Å². The summed E-state index contributed by atoms with van der Waals surface area (Å²) in [6.45, 7) is 0. The summed E-state index contributed by atoms with van der Waals surface area (Å²) < 4.78 is 13.5. The standard InChI is InChI=1S/C14H10BrClFNO2/c15-10-7-8(17)5-6-9(10)13(14(19)20)18-12-4-2-1-3-11(12)16/h1-7,13,18H,(H,19,20). The molecule has 0 saturated carbocycles. The van der Waals surface area contributed by atoms with E-state index in [0.717, 1.165) is 0 Å². The van der Waals surface area contributed by atoms with Crippen LogP contribution in [0.25, 0.3) is 0 Å². The Balaban J connectivity index is 2.37. The number of hydrogen-bond donors (Lipinski definition) is 2. The van der Waals surface area contributed by atoms with E-state index < -0.39 is 17.8 Å². The fourth-order valence-electron chi connectivity index (χ4n) is 1.74. The molecule has 0 radical (unpaired) electrons. The summed E-state index contributed by atoms with van der Waals surface area (Å²) in [5.41, 5.74) is 0.914. The average Bonchev–Trinajstić information content (AvgIpc) is 2.38. The van der Waals surface area contributed by atoms with Crippen LogP contribution in [0, 0.1) is 5.82 Å². The molecule has 0 aliphatic heterocycles. The lowest BCUT2D eigenvalue weighted by Crippen LogP contribution is -2.21. The molecule has 0 fully saturated rings. The number of carboxylic acids is 1. The molecule has 104 valence electrons. The number of anilines is 1. The largest absolute Gasteiger partial charge is 0.479 e. The Morgan fingerprint density at radius 3 is 2.60 bits per heavy atom. The van der Waals surface area contributed by atoms with Crippen LogP contribution >= 0.6 is 27.5 Å². The van der Waals surface area contributed by atoms with E-state index in [1.807, 2.05) is 0 Å². The quantitative estimate of drug-likeness (QED) is 0.847. The summed E-state index contributed by atoms with van der Waals surface area (Å²) in [4.78, 5) is 11.4. The molecule has 2 aromatic carbocycles. The summed E-state index contributed by atoms with van der Waals surface area (Å²) in [7, 11) is 0. The maximum Gasteiger partial charge on any atom is 0.330 e. The van der Waals surface area contributed by atoms with E-state index in [1.165, 1.54) is 18.2 Å². The second-order valence-corrected chi connectivity index (χ2v) is 5.32. The van der Waals surface area contributed by atoms with Gasteiger partial charge in [-0.05, 0) is 29.8 Å². The molecular weight excluding hydrogens is 349 g/mol. The Labute approximate surface area is 128 Å². The maximum atomic E-state index is 13.1. The van der Waals surface area contributed by atoms with Crippen molar-refractivity contribution in [2.75, 3.05) is 5.32 Å². The van der Waals surface area contributed by atoms with Gasteiger partial charge in [-0.1, -0.05) is 45.7 Å². The van der Waals surface area contributed by atoms with Gasteiger partial charge in [0.1, 0.15) is 5.82 Å². The predicted octanol–water partition coefficient (Wildman–Crippen LogP) is 4.48. The van der Waals surface area contributed by atoms with Gasteiger partial charge in [-0.2, -0.15) is 0 Å². The van der Waals surface area contributed by atoms with Crippen LogP contribution in [0.5, 0.6) is 0 Å². The molecule has 20 heavy (non-hydrogen) atoms. The third kappa shape index (κ3) is 3.29. The molecule has 0 aliphatic rings. The van der Waals surface area contributed by atoms with Crippen molar-refractivity contribution in [2.24, 2.45) is 0 Å². The topological polar surface area (TPSA) is 49.3 Å². The molecule has 0 aliphatic carbocycles. The van der Waals surface area contributed by atoms with E-state index in [0.29, 0.717) is 20.7 Å². The summed E-state index contributed by atoms with van der Waals surface area (Å²) >= 11 is 9.17. The van der Waals surface area contributed by atoms with E-state index in [1.54, 1.807) is 24.3 Å². The molecule has 1 unspecified atom stereocenters. The van der Waals surface area contributed by atoms with Gasteiger partial charge in [-0.15, -0.1) is 0 Å². The molecular formula is C14H10BrClFNO2. The van der Waals surface area contributed by atoms with E-state index in [2.05, 4.69) is 21.2 Å². The molecule has 0 amide bonds. The smallest absolute Gasteiger partial charge is 0.330 e. The van der Waals surface area contributed by atoms with Gasteiger partial charge in [-0.25, -0.2) is 9.18 Å². The number of nitrogens with one attached hydrogen (secondary N) is 1. The molecule has 0 aromatic heterocycles. The van der Waals surface area contributed by atoms with Crippen molar-refractivity contribution in [1.82, 2.24) is 0 Å². The lowest BCUT2D eigenvalue weighted by Gasteiger charge is -2.18. The van der Waals surface area contributed by atoms with Crippen LogP contribution in [0.15, 0.2) is 46.9 Å². The minimum Gasteiger partial charge on any atom is -0.479 e. The van der Waals surface area contributed by atoms with Gasteiger partial charge < -0.3 is 10.4 Å². The van der Waals surface area contributed by atoms with Gasteiger partial charge in [0, 0.05) is 4.47 Å². The summed E-state index contributed by atoms with van der Waals surface area (Å²) in [5, 5.41) is 12.6. The average molecular weight is 359 g/mol. The molecule has 0 saturated heterocycles. The zero-order valence-corrected chi connectivity index (χ0v) is 12.5. The van der Waals surface area contributed by atoms with Crippen molar-refractivity contribution in [2.45, 2.75) is 6.04 Å². The maximum absolute atomic E-state index is 13.1. The Morgan fingerprint density at radius 1 is 1.30 bits per heavy atom. The van der Waals surface area contributed by atoms with Crippen LogP contribution in [-0.4, -0.2) is 11.1 Å². The summed E-state index contributed by atoms with van der Waals surface area (Å²) in [6, 6.07) is 9.64. The van der Waals surface area contributed by atoms with E-state index >= 15 is 0 Å². The van der Waals surface area contributed by atoms with Crippen molar-refractivity contribution in [3.05, 3.63) is 63.3 Å². The molecule has 0 spiro atoms. The molecule has 0 heterocycles. The van der Waals surface area contributed by atoms with E-state index in [-0.39, 0.29) is 0 Å². The van der Waals surface area contributed by atoms with Gasteiger partial charge in [-0.3, -0.25) is 0 Å². The number of carboxylic acid groups (broad SMARTS) is 1. The van der Waals surface area contributed by atoms with Gasteiger partial charge in [0.15, 0.2) is 6.04 Å². The molecule has 6 heteroatoms. The van der Waals surface area contributed by atoms with Crippen LogP contribution in [-0.2, 0) is 4.79 Å². The Kier molecular flexibility index (Phi) is 4.62. The predicted molar refractivity (Wildman–Crippen MR) is 79.6 cm³/mol. The van der Waals surface area contributed by atoms with Gasteiger partial charge >= 0.3 is 5.97 Å². The normalized spacial score (nSPS) is 11.9. The van der Waals surface area contributed by atoms with Gasteiger partial charge in [0.05, 0.1) is 10.7 Å². The first kappa shape index (κ1) is 14.8. The molecule has 2 N–H and O–H groups in total.